The van der Waals surface area contributed by atoms with E-state index in [-0.39, 0.29) is 5.91 Å². The third-order valence-corrected chi connectivity index (χ3v) is 7.41. The first-order chi connectivity index (χ1) is 22.0. The summed E-state index contributed by atoms with van der Waals surface area (Å²) >= 11 is 0. The van der Waals surface area contributed by atoms with Crippen LogP contribution < -0.4 is 14.4 Å². The number of carbonyl (C=O) groups is 3. The van der Waals surface area contributed by atoms with Crippen LogP contribution in [0.15, 0.2) is 59.1 Å². The van der Waals surface area contributed by atoms with Crippen molar-refractivity contribution < 1.29 is 38.6 Å². The molecule has 2 heterocycles. The van der Waals surface area contributed by atoms with Gasteiger partial charge in [-0.1, -0.05) is 29.4 Å². The van der Waals surface area contributed by atoms with Crippen LogP contribution >= 0.6 is 0 Å². The second-order valence-electron chi connectivity index (χ2n) is 11.1. The van der Waals surface area contributed by atoms with Gasteiger partial charge in [0.15, 0.2) is 11.5 Å². The number of amides is 1. The van der Waals surface area contributed by atoms with Crippen molar-refractivity contribution in [3.63, 3.8) is 0 Å². The SMILES string of the molecule is COc1cc2c(cc1OCCN(C)C)N(C(=O)c1ccc(-c3ccc(-c4noc(C)n4)cc3C)cc1)CCCC2.O=C(O)C(=O)O. The number of hydrogen-bond donors (Lipinski definition) is 2. The Labute approximate surface area is 267 Å². The highest BCUT2D eigenvalue weighted by atomic mass is 16.5. The summed E-state index contributed by atoms with van der Waals surface area (Å²) in [7, 11) is 5.68. The lowest BCUT2D eigenvalue weighted by Crippen LogP contribution is -2.31. The first-order valence-electron chi connectivity index (χ1n) is 14.8. The van der Waals surface area contributed by atoms with Gasteiger partial charge in [-0.15, -0.1) is 0 Å². The standard InChI is InChI=1S/C32H36N4O4.C2H2O4/c1-21-18-26(31-33-22(2)40-34-31)13-14-27(21)23-9-11-24(12-10-23)32(37)36-15-7-6-8-25-19-29(38-5)30(20-28(25)36)39-17-16-35(3)4;3-1(4)2(5)6/h9-14,18-20H,6-8,15-17H2,1-5H3;(H,3,4)(H,5,6). The summed E-state index contributed by atoms with van der Waals surface area (Å²) < 4.78 is 16.8. The number of anilines is 1. The van der Waals surface area contributed by atoms with E-state index in [0.29, 0.717) is 41.9 Å². The van der Waals surface area contributed by atoms with Gasteiger partial charge in [-0.05, 0) is 86.8 Å². The number of hydrogen-bond acceptors (Lipinski definition) is 9. The zero-order chi connectivity index (χ0) is 33.4. The van der Waals surface area contributed by atoms with Crippen molar-refractivity contribution in [2.24, 2.45) is 0 Å². The monoisotopic (exact) mass is 630 g/mol. The molecule has 12 heteroatoms. The second kappa shape index (κ2) is 15.2. The van der Waals surface area contributed by atoms with Crippen molar-refractivity contribution in [3.05, 3.63) is 77.2 Å². The largest absolute Gasteiger partial charge is 0.493 e. The summed E-state index contributed by atoms with van der Waals surface area (Å²) in [5, 5.41) is 18.8. The summed E-state index contributed by atoms with van der Waals surface area (Å²) in [4.78, 5) is 40.3. The van der Waals surface area contributed by atoms with Crippen LogP contribution in [-0.2, 0) is 16.0 Å². The molecule has 0 fully saturated rings. The molecule has 12 nitrogen and oxygen atoms in total. The lowest BCUT2D eigenvalue weighted by Gasteiger charge is -2.25. The Morgan fingerprint density at radius 2 is 1.63 bits per heavy atom. The van der Waals surface area contributed by atoms with Crippen molar-refractivity contribution >= 4 is 23.5 Å². The van der Waals surface area contributed by atoms with Crippen LogP contribution in [0, 0.1) is 13.8 Å². The van der Waals surface area contributed by atoms with Gasteiger partial charge in [0, 0.05) is 37.2 Å². The van der Waals surface area contributed by atoms with Gasteiger partial charge in [0.2, 0.25) is 11.7 Å². The van der Waals surface area contributed by atoms with Crippen LogP contribution in [0.5, 0.6) is 11.5 Å². The fourth-order valence-corrected chi connectivity index (χ4v) is 5.06. The Morgan fingerprint density at radius 1 is 0.935 bits per heavy atom. The van der Waals surface area contributed by atoms with Crippen LogP contribution in [0.2, 0.25) is 0 Å². The molecule has 0 unspecified atom stereocenters. The van der Waals surface area contributed by atoms with Crippen LogP contribution in [0.4, 0.5) is 5.69 Å². The molecule has 0 bridgehead atoms. The summed E-state index contributed by atoms with van der Waals surface area (Å²) in [6.07, 6.45) is 2.84. The Morgan fingerprint density at radius 3 is 2.22 bits per heavy atom. The highest BCUT2D eigenvalue weighted by Gasteiger charge is 2.25. The molecule has 1 amide bonds. The fourth-order valence-electron chi connectivity index (χ4n) is 5.06. The van der Waals surface area contributed by atoms with E-state index >= 15 is 0 Å². The van der Waals surface area contributed by atoms with Crippen LogP contribution in [-0.4, -0.2) is 84.0 Å². The lowest BCUT2D eigenvalue weighted by molar-refractivity contribution is -0.159. The lowest BCUT2D eigenvalue weighted by atomic mass is 9.97. The Bertz CT molecular complexity index is 1690. The molecule has 46 heavy (non-hydrogen) atoms. The normalized spacial score (nSPS) is 12.4. The molecule has 3 aromatic carbocycles. The molecule has 5 rings (SSSR count). The highest BCUT2D eigenvalue weighted by molar-refractivity contribution is 6.27. The number of likely N-dealkylation sites (N-methyl/N-ethyl adjacent to an activating group) is 1. The number of carboxylic acid groups (broad SMARTS) is 2. The number of fused-ring (bicyclic) bond motifs is 1. The predicted molar refractivity (Wildman–Crippen MR) is 172 cm³/mol. The summed E-state index contributed by atoms with van der Waals surface area (Å²) in [5.74, 6) is -1.19. The number of ether oxygens (including phenoxy) is 2. The van der Waals surface area contributed by atoms with E-state index in [1.807, 2.05) is 61.5 Å². The average Bonchev–Trinajstić information content (AvgIpc) is 3.36. The van der Waals surface area contributed by atoms with Gasteiger partial charge in [0.1, 0.15) is 6.61 Å². The second-order valence-corrected chi connectivity index (χ2v) is 11.1. The Hall–Kier alpha value is -5.23. The van der Waals surface area contributed by atoms with Gasteiger partial charge in [0.25, 0.3) is 5.91 Å². The first-order valence-corrected chi connectivity index (χ1v) is 14.8. The Kier molecular flexibility index (Phi) is 11.1. The highest BCUT2D eigenvalue weighted by Crippen LogP contribution is 2.38. The molecule has 2 N–H and O–H groups in total. The van der Waals surface area contributed by atoms with Crippen molar-refractivity contribution in [1.29, 1.82) is 0 Å². The van der Waals surface area contributed by atoms with E-state index in [1.54, 1.807) is 14.0 Å². The van der Waals surface area contributed by atoms with Gasteiger partial charge in [-0.3, -0.25) is 4.79 Å². The summed E-state index contributed by atoms with van der Waals surface area (Å²) in [6, 6.07) is 17.9. The molecular formula is C34H38N4O8. The van der Waals surface area contributed by atoms with Crippen LogP contribution in [0.1, 0.15) is 40.2 Å². The molecule has 0 spiro atoms. The smallest absolute Gasteiger partial charge is 0.414 e. The summed E-state index contributed by atoms with van der Waals surface area (Å²) in [6.45, 7) is 5.82. The van der Waals surface area contributed by atoms with E-state index in [2.05, 4.69) is 34.1 Å². The molecule has 1 aromatic heterocycles. The van der Waals surface area contributed by atoms with Crippen molar-refractivity contribution in [2.75, 3.05) is 45.8 Å². The molecule has 0 aliphatic carbocycles. The van der Waals surface area contributed by atoms with Crippen LogP contribution in [0.3, 0.4) is 0 Å². The minimum absolute atomic E-state index is 0.0151. The first kappa shape index (κ1) is 33.7. The zero-order valence-corrected chi connectivity index (χ0v) is 26.6. The number of aliphatic carboxylic acids is 2. The predicted octanol–water partition coefficient (Wildman–Crippen LogP) is 5.11. The van der Waals surface area contributed by atoms with Gasteiger partial charge < -0.3 is 34.0 Å². The Balaban J connectivity index is 0.000000731. The fraction of sp³-hybridized carbons (Fsp3) is 0.324. The van der Waals surface area contributed by atoms with Gasteiger partial charge >= 0.3 is 11.9 Å². The van der Waals surface area contributed by atoms with Gasteiger partial charge in [-0.2, -0.15) is 4.98 Å². The van der Waals surface area contributed by atoms with E-state index in [0.717, 1.165) is 59.3 Å². The molecular weight excluding hydrogens is 592 g/mol. The van der Waals surface area contributed by atoms with Gasteiger partial charge in [-0.25, -0.2) is 9.59 Å². The molecule has 0 radical (unpaired) electrons. The molecule has 1 aliphatic heterocycles. The minimum atomic E-state index is -1.82. The molecule has 1 aliphatic rings. The number of carbonyl (C=O) groups excluding carboxylic acids is 1. The number of nitrogens with zero attached hydrogens (tertiary/aromatic N) is 4. The number of carboxylic acids is 2. The van der Waals surface area contributed by atoms with E-state index in [1.165, 1.54) is 0 Å². The molecule has 0 saturated heterocycles. The molecule has 0 saturated carbocycles. The number of aromatic nitrogens is 2. The third-order valence-electron chi connectivity index (χ3n) is 7.41. The number of benzene rings is 3. The summed E-state index contributed by atoms with van der Waals surface area (Å²) in [5.41, 5.74) is 6.79. The molecule has 0 atom stereocenters. The van der Waals surface area contributed by atoms with E-state index < -0.39 is 11.9 Å². The van der Waals surface area contributed by atoms with E-state index in [4.69, 9.17) is 33.8 Å². The third kappa shape index (κ3) is 8.27. The van der Waals surface area contributed by atoms with Crippen molar-refractivity contribution in [2.45, 2.75) is 33.1 Å². The molecule has 242 valence electrons. The van der Waals surface area contributed by atoms with Crippen LogP contribution in [0.25, 0.3) is 22.5 Å². The number of rotatable bonds is 8. The maximum Gasteiger partial charge on any atom is 0.414 e. The quantitative estimate of drug-likeness (QED) is 0.250. The maximum atomic E-state index is 13.8. The van der Waals surface area contributed by atoms with Gasteiger partial charge in [0.05, 0.1) is 12.8 Å². The van der Waals surface area contributed by atoms with Crippen molar-refractivity contribution in [1.82, 2.24) is 15.0 Å². The minimum Gasteiger partial charge on any atom is -0.493 e. The van der Waals surface area contributed by atoms with Crippen molar-refractivity contribution in [3.8, 4) is 34.0 Å². The topological polar surface area (TPSA) is 156 Å². The zero-order valence-electron chi connectivity index (χ0n) is 26.6. The maximum absolute atomic E-state index is 13.8. The number of methoxy groups -OCH3 is 1. The average molecular weight is 631 g/mol. The molecule has 4 aromatic rings. The number of aryl methyl sites for hydroxylation is 3. The van der Waals surface area contributed by atoms with E-state index in [9.17, 15) is 4.79 Å².